The van der Waals surface area contributed by atoms with Gasteiger partial charge < -0.3 is 4.57 Å². The molecule has 0 bridgehead atoms. The van der Waals surface area contributed by atoms with Crippen molar-refractivity contribution in [3.8, 4) is 11.1 Å². The number of aromatic nitrogens is 3. The third-order valence-corrected chi connectivity index (χ3v) is 3.59. The molecule has 0 aliphatic carbocycles. The van der Waals surface area contributed by atoms with E-state index in [4.69, 9.17) is 0 Å². The van der Waals surface area contributed by atoms with E-state index in [-0.39, 0.29) is 0 Å². The van der Waals surface area contributed by atoms with Crippen molar-refractivity contribution in [2.75, 3.05) is 0 Å². The van der Waals surface area contributed by atoms with Gasteiger partial charge in [-0.2, -0.15) is 13.2 Å². The molecule has 0 saturated carbocycles. The van der Waals surface area contributed by atoms with Crippen LogP contribution in [-0.4, -0.2) is 14.5 Å². The van der Waals surface area contributed by atoms with Gasteiger partial charge in [-0.1, -0.05) is 12.1 Å². The number of imidazole rings is 1. The molecule has 3 aromatic rings. The van der Waals surface area contributed by atoms with Crippen molar-refractivity contribution in [1.82, 2.24) is 14.5 Å². The minimum absolute atomic E-state index is 0.497. The number of hydrogen-bond acceptors (Lipinski definition) is 2. The number of halogens is 3. The van der Waals surface area contributed by atoms with Crippen molar-refractivity contribution in [1.29, 1.82) is 0 Å². The molecule has 0 aliphatic rings. The molecule has 3 rings (SSSR count). The molecule has 0 saturated heterocycles. The summed E-state index contributed by atoms with van der Waals surface area (Å²) in [6.07, 6.45) is 2.48. The lowest BCUT2D eigenvalue weighted by Gasteiger charge is -2.10. The lowest BCUT2D eigenvalue weighted by Crippen LogP contribution is -2.04. The second-order valence-corrected chi connectivity index (χ2v) is 5.26. The van der Waals surface area contributed by atoms with Gasteiger partial charge in [0.2, 0.25) is 0 Å². The molecular formula is C17H14F3N3. The fraction of sp³-hybridized carbons (Fsp3) is 0.176. The van der Waals surface area contributed by atoms with Gasteiger partial charge in [0.1, 0.15) is 5.82 Å². The maximum atomic E-state index is 12.8. The first kappa shape index (κ1) is 15.3. The van der Waals surface area contributed by atoms with Crippen LogP contribution in [0.4, 0.5) is 13.2 Å². The largest absolute Gasteiger partial charge is 0.416 e. The number of hydrogen-bond donors (Lipinski definition) is 0. The third-order valence-electron chi connectivity index (χ3n) is 3.59. The summed E-state index contributed by atoms with van der Waals surface area (Å²) in [6, 6.07) is 7.12. The van der Waals surface area contributed by atoms with E-state index in [0.29, 0.717) is 17.7 Å². The average molecular weight is 317 g/mol. The lowest BCUT2D eigenvalue weighted by molar-refractivity contribution is -0.137. The molecule has 0 radical (unpaired) electrons. The van der Waals surface area contributed by atoms with Crippen LogP contribution in [0.3, 0.4) is 0 Å². The molecule has 0 spiro atoms. The Hall–Kier alpha value is -2.63. The summed E-state index contributed by atoms with van der Waals surface area (Å²) in [5.41, 5.74) is 1.40. The van der Waals surface area contributed by atoms with E-state index in [1.165, 1.54) is 6.07 Å². The number of pyridine rings is 1. The molecule has 1 aromatic carbocycles. The normalized spacial score (nSPS) is 11.7. The van der Waals surface area contributed by atoms with E-state index in [1.807, 2.05) is 23.8 Å². The number of nitrogens with zero attached hydrogens (tertiary/aromatic N) is 3. The highest BCUT2D eigenvalue weighted by molar-refractivity contribution is 5.64. The first-order valence-electron chi connectivity index (χ1n) is 7.03. The van der Waals surface area contributed by atoms with Crippen LogP contribution >= 0.6 is 0 Å². The number of benzene rings is 1. The molecule has 0 unspecified atom stereocenters. The van der Waals surface area contributed by atoms with Gasteiger partial charge in [-0.15, -0.1) is 0 Å². The summed E-state index contributed by atoms with van der Waals surface area (Å²) in [6.45, 7) is 2.47. The second-order valence-electron chi connectivity index (χ2n) is 5.26. The van der Waals surface area contributed by atoms with Crippen LogP contribution in [0, 0.1) is 6.92 Å². The van der Waals surface area contributed by atoms with Gasteiger partial charge in [-0.3, -0.25) is 4.98 Å². The minimum atomic E-state index is -4.35. The summed E-state index contributed by atoms with van der Waals surface area (Å²) in [5, 5.41) is 0. The van der Waals surface area contributed by atoms with E-state index in [0.717, 1.165) is 23.5 Å². The van der Waals surface area contributed by atoms with Crippen molar-refractivity contribution in [3.05, 3.63) is 72.1 Å². The molecule has 0 amide bonds. The van der Waals surface area contributed by atoms with Crippen molar-refractivity contribution >= 4 is 0 Å². The summed E-state index contributed by atoms with van der Waals surface area (Å²) in [4.78, 5) is 8.30. The Balaban J connectivity index is 1.92. The van der Waals surface area contributed by atoms with Crippen molar-refractivity contribution < 1.29 is 13.2 Å². The quantitative estimate of drug-likeness (QED) is 0.720. The summed E-state index contributed by atoms with van der Waals surface area (Å²) >= 11 is 0. The van der Waals surface area contributed by atoms with Gasteiger partial charge in [-0.25, -0.2) is 4.98 Å². The predicted molar refractivity (Wildman–Crippen MR) is 80.7 cm³/mol. The molecule has 118 valence electrons. The van der Waals surface area contributed by atoms with E-state index < -0.39 is 11.7 Å². The van der Waals surface area contributed by atoms with Crippen molar-refractivity contribution in [2.45, 2.75) is 19.6 Å². The topological polar surface area (TPSA) is 30.7 Å². The Kier molecular flexibility index (Phi) is 3.90. The zero-order valence-electron chi connectivity index (χ0n) is 12.4. The van der Waals surface area contributed by atoms with Crippen LogP contribution in [0.2, 0.25) is 0 Å². The number of rotatable bonds is 3. The maximum absolute atomic E-state index is 12.8. The highest BCUT2D eigenvalue weighted by Gasteiger charge is 2.30. The molecule has 3 nitrogen and oxygen atoms in total. The highest BCUT2D eigenvalue weighted by atomic mass is 19.4. The summed E-state index contributed by atoms with van der Waals surface area (Å²) < 4.78 is 40.5. The van der Waals surface area contributed by atoms with Crippen LogP contribution in [0.5, 0.6) is 0 Å². The molecular weight excluding hydrogens is 303 g/mol. The zero-order chi connectivity index (χ0) is 16.4. The average Bonchev–Trinajstić information content (AvgIpc) is 2.92. The molecule has 2 heterocycles. The monoisotopic (exact) mass is 317 g/mol. The standard InChI is InChI=1S/C17H14F3N3/c1-12-22-5-6-23(12)11-13-7-15(10-21-9-13)14-3-2-4-16(8-14)17(18,19)20/h2-10H,11H2,1H3. The Morgan fingerprint density at radius 1 is 1.09 bits per heavy atom. The predicted octanol–water partition coefficient (Wildman–Crippen LogP) is 4.32. The minimum Gasteiger partial charge on any atom is -0.331 e. The number of aryl methyl sites for hydroxylation is 1. The highest BCUT2D eigenvalue weighted by Crippen LogP contribution is 2.32. The lowest BCUT2D eigenvalue weighted by atomic mass is 10.0. The van der Waals surface area contributed by atoms with Crippen molar-refractivity contribution in [2.24, 2.45) is 0 Å². The SMILES string of the molecule is Cc1nccn1Cc1cncc(-c2cccc(C(F)(F)F)c2)c1. The fourth-order valence-electron chi connectivity index (χ4n) is 2.37. The molecule has 0 atom stereocenters. The van der Waals surface area contributed by atoms with Crippen LogP contribution in [-0.2, 0) is 12.7 Å². The molecule has 0 aliphatic heterocycles. The Labute approximate surface area is 131 Å². The van der Waals surface area contributed by atoms with Gasteiger partial charge in [0, 0.05) is 30.4 Å². The molecule has 0 N–H and O–H groups in total. The van der Waals surface area contributed by atoms with E-state index in [2.05, 4.69) is 9.97 Å². The van der Waals surface area contributed by atoms with Gasteiger partial charge in [-0.05, 0) is 36.2 Å². The first-order chi connectivity index (χ1) is 10.9. The van der Waals surface area contributed by atoms with Crippen LogP contribution in [0.25, 0.3) is 11.1 Å². The second kappa shape index (κ2) is 5.87. The van der Waals surface area contributed by atoms with E-state index in [9.17, 15) is 13.2 Å². The molecule has 2 aromatic heterocycles. The van der Waals surface area contributed by atoms with Crippen LogP contribution in [0.1, 0.15) is 17.0 Å². The third kappa shape index (κ3) is 3.41. The Morgan fingerprint density at radius 2 is 1.91 bits per heavy atom. The summed E-state index contributed by atoms with van der Waals surface area (Å²) in [7, 11) is 0. The van der Waals surface area contributed by atoms with Gasteiger partial charge in [0.25, 0.3) is 0 Å². The van der Waals surface area contributed by atoms with Crippen LogP contribution < -0.4 is 0 Å². The van der Waals surface area contributed by atoms with Crippen molar-refractivity contribution in [3.63, 3.8) is 0 Å². The fourth-order valence-corrected chi connectivity index (χ4v) is 2.37. The Morgan fingerprint density at radius 3 is 2.61 bits per heavy atom. The van der Waals surface area contributed by atoms with E-state index >= 15 is 0 Å². The van der Waals surface area contributed by atoms with Crippen LogP contribution in [0.15, 0.2) is 55.1 Å². The molecule has 23 heavy (non-hydrogen) atoms. The first-order valence-corrected chi connectivity index (χ1v) is 7.03. The molecule has 6 heteroatoms. The zero-order valence-corrected chi connectivity index (χ0v) is 12.4. The smallest absolute Gasteiger partial charge is 0.331 e. The number of alkyl halides is 3. The maximum Gasteiger partial charge on any atom is 0.416 e. The Bertz CT molecular complexity index is 822. The van der Waals surface area contributed by atoms with Gasteiger partial charge >= 0.3 is 6.18 Å². The van der Waals surface area contributed by atoms with Gasteiger partial charge in [0.05, 0.1) is 12.1 Å². The molecule has 0 fully saturated rings. The van der Waals surface area contributed by atoms with Gasteiger partial charge in [0.15, 0.2) is 0 Å². The summed E-state index contributed by atoms with van der Waals surface area (Å²) in [5.74, 6) is 0.870. The van der Waals surface area contributed by atoms with E-state index in [1.54, 1.807) is 24.7 Å².